The van der Waals surface area contributed by atoms with Crippen molar-refractivity contribution in [3.8, 4) is 5.75 Å². The first-order valence-corrected chi connectivity index (χ1v) is 10.8. The lowest BCUT2D eigenvalue weighted by Crippen LogP contribution is -2.25. The second-order valence-electron chi connectivity index (χ2n) is 7.57. The Morgan fingerprint density at radius 3 is 2.81 bits per heavy atom. The van der Waals surface area contributed by atoms with Crippen molar-refractivity contribution >= 4 is 28.9 Å². The Bertz CT molecular complexity index is 919. The highest BCUT2D eigenvalue weighted by molar-refractivity contribution is 6.30. The van der Waals surface area contributed by atoms with Crippen LogP contribution in [-0.4, -0.2) is 56.7 Å². The van der Waals surface area contributed by atoms with E-state index in [0.717, 1.165) is 53.6 Å². The molecule has 166 valence electrons. The summed E-state index contributed by atoms with van der Waals surface area (Å²) in [5.74, 6) is 0.720. The molecule has 0 saturated carbocycles. The molecule has 0 bridgehead atoms. The molecule has 0 unspecified atom stereocenters. The van der Waals surface area contributed by atoms with Crippen LogP contribution in [0.25, 0.3) is 0 Å². The molecular weight excluding hydrogens is 414 g/mol. The highest BCUT2D eigenvalue weighted by Gasteiger charge is 2.21. The van der Waals surface area contributed by atoms with E-state index in [1.54, 1.807) is 7.05 Å². The number of hydrogen-bond acceptors (Lipinski definition) is 5. The number of anilines is 2. The fourth-order valence-corrected chi connectivity index (χ4v) is 3.68. The van der Waals surface area contributed by atoms with Crippen molar-refractivity contribution in [2.75, 3.05) is 45.7 Å². The van der Waals surface area contributed by atoms with E-state index in [2.05, 4.69) is 22.9 Å². The topological polar surface area (TPSA) is 45.2 Å². The number of amides is 1. The predicted octanol–water partition coefficient (Wildman–Crippen LogP) is 4.66. The maximum Gasteiger partial charge on any atom is 0.269 e. The van der Waals surface area contributed by atoms with Gasteiger partial charge in [-0.2, -0.15) is 0 Å². The third kappa shape index (κ3) is 6.23. The standard InChI is InChI=1S/C24H30ClN3O3/c1-26(15-8-11-24(29)27(2)30-3)14-6-7-16-28-21-9-4-5-10-23(21)31-18-19-12-13-20(25)17-22(19)28/h4-5,8-13,17H,6-7,14-16,18H2,1-3H3/b11-8+. The zero-order valence-corrected chi connectivity index (χ0v) is 19.1. The minimum atomic E-state index is -0.171. The normalized spacial score (nSPS) is 13.0. The fourth-order valence-electron chi connectivity index (χ4n) is 3.51. The molecule has 1 aliphatic rings. The second-order valence-corrected chi connectivity index (χ2v) is 8.01. The molecule has 2 aromatic carbocycles. The number of hydrogen-bond donors (Lipinski definition) is 0. The second kappa shape index (κ2) is 11.2. The van der Waals surface area contributed by atoms with E-state index in [-0.39, 0.29) is 5.91 Å². The van der Waals surface area contributed by atoms with Crippen LogP contribution in [0, 0.1) is 0 Å². The molecule has 0 fully saturated rings. The van der Waals surface area contributed by atoms with Crippen LogP contribution in [0.5, 0.6) is 5.75 Å². The van der Waals surface area contributed by atoms with Crippen LogP contribution < -0.4 is 9.64 Å². The number of rotatable bonds is 9. The van der Waals surface area contributed by atoms with Crippen molar-refractivity contribution < 1.29 is 14.4 Å². The van der Waals surface area contributed by atoms with Gasteiger partial charge in [0.25, 0.3) is 5.91 Å². The molecule has 1 heterocycles. The molecule has 1 amide bonds. The number of unbranched alkanes of at least 4 members (excludes halogenated alkanes) is 1. The molecule has 7 heteroatoms. The molecule has 0 radical (unpaired) electrons. The minimum absolute atomic E-state index is 0.171. The first-order chi connectivity index (χ1) is 15.0. The molecule has 1 aliphatic heterocycles. The molecule has 2 aromatic rings. The number of para-hydroxylation sites is 2. The van der Waals surface area contributed by atoms with Crippen LogP contribution in [0.4, 0.5) is 11.4 Å². The van der Waals surface area contributed by atoms with E-state index in [9.17, 15) is 4.79 Å². The van der Waals surface area contributed by atoms with Gasteiger partial charge >= 0.3 is 0 Å². The number of halogens is 1. The Labute approximate surface area is 189 Å². The minimum Gasteiger partial charge on any atom is -0.487 e. The lowest BCUT2D eigenvalue weighted by molar-refractivity contribution is -0.162. The number of benzene rings is 2. The third-order valence-electron chi connectivity index (χ3n) is 5.31. The monoisotopic (exact) mass is 443 g/mol. The fraction of sp³-hybridized carbons (Fsp3) is 0.375. The first kappa shape index (κ1) is 23.1. The summed E-state index contributed by atoms with van der Waals surface area (Å²) < 4.78 is 6.04. The van der Waals surface area contributed by atoms with E-state index in [0.29, 0.717) is 13.2 Å². The van der Waals surface area contributed by atoms with Crippen LogP contribution in [0.2, 0.25) is 5.02 Å². The molecule has 0 aromatic heterocycles. The highest BCUT2D eigenvalue weighted by Crippen LogP contribution is 2.40. The quantitative estimate of drug-likeness (QED) is 0.320. The third-order valence-corrected chi connectivity index (χ3v) is 5.55. The van der Waals surface area contributed by atoms with Gasteiger partial charge in [-0.15, -0.1) is 0 Å². The average molecular weight is 444 g/mol. The molecule has 0 saturated heterocycles. The molecule has 0 atom stereocenters. The van der Waals surface area contributed by atoms with Gasteiger partial charge in [0.2, 0.25) is 0 Å². The van der Waals surface area contributed by atoms with Gasteiger partial charge < -0.3 is 14.5 Å². The summed E-state index contributed by atoms with van der Waals surface area (Å²) in [5, 5.41) is 1.92. The maximum atomic E-state index is 11.7. The van der Waals surface area contributed by atoms with Crippen LogP contribution in [0.3, 0.4) is 0 Å². The molecule has 0 N–H and O–H groups in total. The van der Waals surface area contributed by atoms with Crippen LogP contribution in [-0.2, 0) is 16.2 Å². The summed E-state index contributed by atoms with van der Waals surface area (Å²) in [6, 6.07) is 14.1. The van der Waals surface area contributed by atoms with E-state index in [1.807, 2.05) is 42.5 Å². The molecular formula is C24H30ClN3O3. The van der Waals surface area contributed by atoms with Crippen molar-refractivity contribution in [3.63, 3.8) is 0 Å². The number of nitrogens with zero attached hydrogens (tertiary/aromatic N) is 3. The molecule has 3 rings (SSSR count). The number of fused-ring (bicyclic) bond motifs is 2. The number of carbonyl (C=O) groups is 1. The maximum absolute atomic E-state index is 11.7. The van der Waals surface area contributed by atoms with Crippen molar-refractivity contribution in [1.82, 2.24) is 9.96 Å². The van der Waals surface area contributed by atoms with Gasteiger partial charge in [-0.05, 0) is 50.7 Å². The van der Waals surface area contributed by atoms with Crippen LogP contribution in [0.15, 0.2) is 54.6 Å². The van der Waals surface area contributed by atoms with Crippen LogP contribution in [0.1, 0.15) is 18.4 Å². The zero-order valence-electron chi connectivity index (χ0n) is 18.4. The Morgan fingerprint density at radius 2 is 2.00 bits per heavy atom. The summed E-state index contributed by atoms with van der Waals surface area (Å²) in [4.78, 5) is 21.1. The van der Waals surface area contributed by atoms with Gasteiger partial charge in [0.15, 0.2) is 0 Å². The largest absolute Gasteiger partial charge is 0.487 e. The van der Waals surface area contributed by atoms with Gasteiger partial charge in [0, 0.05) is 42.5 Å². The van der Waals surface area contributed by atoms with Gasteiger partial charge in [-0.3, -0.25) is 9.63 Å². The number of likely N-dealkylation sites (N-methyl/N-ethyl adjacent to an activating group) is 2. The summed E-state index contributed by atoms with van der Waals surface area (Å²) >= 11 is 6.31. The number of hydroxylamine groups is 2. The van der Waals surface area contributed by atoms with Gasteiger partial charge in [0.1, 0.15) is 12.4 Å². The van der Waals surface area contributed by atoms with Crippen LogP contribution >= 0.6 is 11.6 Å². The predicted molar refractivity (Wildman–Crippen MR) is 125 cm³/mol. The Balaban J connectivity index is 1.57. The highest BCUT2D eigenvalue weighted by atomic mass is 35.5. The Kier molecular flexibility index (Phi) is 8.35. The van der Waals surface area contributed by atoms with Gasteiger partial charge in [-0.1, -0.05) is 35.9 Å². The SMILES string of the molecule is CON(C)C(=O)/C=C/CN(C)CCCCN1c2cc(Cl)ccc2COc2ccccc21. The Morgan fingerprint density at radius 1 is 1.19 bits per heavy atom. The van der Waals surface area contributed by atoms with Crippen molar-refractivity contribution in [3.05, 3.63) is 65.2 Å². The number of ether oxygens (including phenoxy) is 1. The molecule has 0 spiro atoms. The van der Waals surface area contributed by atoms with E-state index in [1.165, 1.54) is 18.2 Å². The average Bonchev–Trinajstić information content (AvgIpc) is 2.92. The first-order valence-electron chi connectivity index (χ1n) is 10.4. The molecule has 31 heavy (non-hydrogen) atoms. The number of carbonyl (C=O) groups excluding carboxylic acids is 1. The lowest BCUT2D eigenvalue weighted by atomic mass is 10.1. The summed E-state index contributed by atoms with van der Waals surface area (Å²) in [5.41, 5.74) is 3.31. The molecule has 0 aliphatic carbocycles. The summed E-state index contributed by atoms with van der Waals surface area (Å²) in [6.07, 6.45) is 5.44. The van der Waals surface area contributed by atoms with Crippen molar-refractivity contribution in [1.29, 1.82) is 0 Å². The summed E-state index contributed by atoms with van der Waals surface area (Å²) in [7, 11) is 5.12. The van der Waals surface area contributed by atoms with E-state index < -0.39 is 0 Å². The zero-order chi connectivity index (χ0) is 22.2. The molecule has 6 nitrogen and oxygen atoms in total. The van der Waals surface area contributed by atoms with Crippen molar-refractivity contribution in [2.45, 2.75) is 19.4 Å². The Hall–Kier alpha value is -2.54. The smallest absolute Gasteiger partial charge is 0.269 e. The van der Waals surface area contributed by atoms with Gasteiger partial charge in [0.05, 0.1) is 12.8 Å². The summed E-state index contributed by atoms with van der Waals surface area (Å²) in [6.45, 7) is 3.05. The van der Waals surface area contributed by atoms with Gasteiger partial charge in [-0.25, -0.2) is 5.06 Å². The van der Waals surface area contributed by atoms with E-state index in [4.69, 9.17) is 21.2 Å². The van der Waals surface area contributed by atoms with Crippen molar-refractivity contribution in [2.24, 2.45) is 0 Å². The van der Waals surface area contributed by atoms with E-state index >= 15 is 0 Å². The lowest BCUT2D eigenvalue weighted by Gasteiger charge is -2.26.